The van der Waals surface area contributed by atoms with Crippen LogP contribution in [-0.4, -0.2) is 18.3 Å². The van der Waals surface area contributed by atoms with E-state index in [9.17, 15) is 5.11 Å². The number of fused-ring (bicyclic) bond motifs is 1. The van der Waals surface area contributed by atoms with Gasteiger partial charge < -0.3 is 9.84 Å². The van der Waals surface area contributed by atoms with Crippen molar-refractivity contribution >= 4 is 0 Å². The topological polar surface area (TPSA) is 29.5 Å². The molecular formula is C11H14O2. The zero-order chi connectivity index (χ0) is 9.26. The zero-order valence-corrected chi connectivity index (χ0v) is 7.79. The number of ether oxygens (including phenoxy) is 1. The second-order valence-corrected chi connectivity index (χ2v) is 3.53. The molecule has 0 aromatic heterocycles. The molecule has 0 saturated heterocycles. The molecule has 0 radical (unpaired) electrons. The highest BCUT2D eigenvalue weighted by Crippen LogP contribution is 2.25. The zero-order valence-electron chi connectivity index (χ0n) is 7.79. The quantitative estimate of drug-likeness (QED) is 0.707. The maximum Gasteiger partial charge on any atom is 0.119 e. The van der Waals surface area contributed by atoms with Crippen LogP contribution >= 0.6 is 0 Å². The molecule has 70 valence electrons. The summed E-state index contributed by atoms with van der Waals surface area (Å²) in [6.45, 7) is 0. The van der Waals surface area contributed by atoms with Crippen LogP contribution in [0.2, 0.25) is 0 Å². The molecule has 1 aromatic carbocycles. The molecule has 0 fully saturated rings. The summed E-state index contributed by atoms with van der Waals surface area (Å²) in [6, 6.07) is 6.08. The van der Waals surface area contributed by atoms with Crippen molar-refractivity contribution in [3.05, 3.63) is 29.3 Å². The fourth-order valence-electron chi connectivity index (χ4n) is 1.84. The molecule has 13 heavy (non-hydrogen) atoms. The number of aliphatic hydroxyl groups excluding tert-OH is 1. The van der Waals surface area contributed by atoms with Crippen molar-refractivity contribution in [1.82, 2.24) is 0 Å². The second-order valence-electron chi connectivity index (χ2n) is 3.53. The van der Waals surface area contributed by atoms with E-state index in [0.29, 0.717) is 0 Å². The first-order chi connectivity index (χ1) is 6.29. The minimum Gasteiger partial charge on any atom is -0.497 e. The molecule has 0 heterocycles. The van der Waals surface area contributed by atoms with Gasteiger partial charge in [-0.3, -0.25) is 0 Å². The molecule has 0 bridgehead atoms. The summed E-state index contributed by atoms with van der Waals surface area (Å²) in [5, 5.41) is 9.45. The van der Waals surface area contributed by atoms with Gasteiger partial charge in [0.15, 0.2) is 0 Å². The van der Waals surface area contributed by atoms with Gasteiger partial charge in [0.2, 0.25) is 0 Å². The number of methoxy groups -OCH3 is 1. The Labute approximate surface area is 78.2 Å². The largest absolute Gasteiger partial charge is 0.497 e. The molecular weight excluding hydrogens is 164 g/mol. The van der Waals surface area contributed by atoms with Gasteiger partial charge in [0, 0.05) is 0 Å². The van der Waals surface area contributed by atoms with E-state index in [1.807, 2.05) is 6.07 Å². The third-order valence-corrected chi connectivity index (χ3v) is 2.62. The van der Waals surface area contributed by atoms with Crippen LogP contribution < -0.4 is 4.74 Å². The van der Waals surface area contributed by atoms with Gasteiger partial charge >= 0.3 is 0 Å². The number of benzene rings is 1. The first-order valence-electron chi connectivity index (χ1n) is 4.63. The van der Waals surface area contributed by atoms with Gasteiger partial charge in [-0.25, -0.2) is 0 Å². The van der Waals surface area contributed by atoms with E-state index < -0.39 is 0 Å². The van der Waals surface area contributed by atoms with Crippen LogP contribution in [0, 0.1) is 0 Å². The van der Waals surface area contributed by atoms with Crippen LogP contribution in [0.25, 0.3) is 0 Å². The van der Waals surface area contributed by atoms with Crippen LogP contribution in [0.1, 0.15) is 17.5 Å². The fraction of sp³-hybridized carbons (Fsp3) is 0.455. The normalized spacial score (nSPS) is 20.9. The van der Waals surface area contributed by atoms with Gasteiger partial charge in [-0.2, -0.15) is 0 Å². The Hall–Kier alpha value is -1.02. The van der Waals surface area contributed by atoms with E-state index in [2.05, 4.69) is 12.1 Å². The van der Waals surface area contributed by atoms with Crippen LogP contribution in [0.5, 0.6) is 5.75 Å². The van der Waals surface area contributed by atoms with Gasteiger partial charge in [0.1, 0.15) is 5.75 Å². The summed E-state index contributed by atoms with van der Waals surface area (Å²) in [5.41, 5.74) is 2.59. The molecule has 0 saturated carbocycles. The average molecular weight is 178 g/mol. The summed E-state index contributed by atoms with van der Waals surface area (Å²) in [5.74, 6) is 0.912. The monoisotopic (exact) mass is 178 g/mol. The number of rotatable bonds is 1. The van der Waals surface area contributed by atoms with Crippen molar-refractivity contribution in [2.24, 2.45) is 0 Å². The standard InChI is InChI=1S/C11H14O2/c1-13-11-5-3-8-6-10(12)4-2-9(8)7-11/h3,5,7,10,12H,2,4,6H2,1H3/t10-/m0/s1. The lowest BCUT2D eigenvalue weighted by Gasteiger charge is -2.20. The van der Waals surface area contributed by atoms with Crippen molar-refractivity contribution in [2.75, 3.05) is 7.11 Å². The molecule has 0 spiro atoms. The minimum atomic E-state index is -0.152. The molecule has 1 atom stereocenters. The van der Waals surface area contributed by atoms with E-state index in [1.54, 1.807) is 7.11 Å². The Morgan fingerprint density at radius 2 is 2.23 bits per heavy atom. The summed E-state index contributed by atoms with van der Waals surface area (Å²) in [6.07, 6.45) is 2.48. The Balaban J connectivity index is 2.31. The van der Waals surface area contributed by atoms with E-state index >= 15 is 0 Å². The highest BCUT2D eigenvalue weighted by Gasteiger charge is 2.16. The van der Waals surface area contributed by atoms with Crippen molar-refractivity contribution in [2.45, 2.75) is 25.4 Å². The van der Waals surface area contributed by atoms with Crippen LogP contribution in [0.3, 0.4) is 0 Å². The first kappa shape index (κ1) is 8.57. The van der Waals surface area contributed by atoms with Gasteiger partial charge in [-0.05, 0) is 42.5 Å². The molecule has 1 N–H and O–H groups in total. The number of aliphatic hydroxyl groups is 1. The summed E-state index contributed by atoms with van der Waals surface area (Å²) >= 11 is 0. The van der Waals surface area contributed by atoms with Gasteiger partial charge in [-0.1, -0.05) is 6.07 Å². The fourth-order valence-corrected chi connectivity index (χ4v) is 1.84. The number of hydrogen-bond donors (Lipinski definition) is 1. The van der Waals surface area contributed by atoms with Crippen molar-refractivity contribution in [3.8, 4) is 5.75 Å². The van der Waals surface area contributed by atoms with Crippen molar-refractivity contribution in [1.29, 1.82) is 0 Å². The van der Waals surface area contributed by atoms with E-state index in [-0.39, 0.29) is 6.10 Å². The molecule has 2 nitrogen and oxygen atoms in total. The Kier molecular flexibility index (Phi) is 2.23. The summed E-state index contributed by atoms with van der Waals surface area (Å²) in [7, 11) is 1.68. The Morgan fingerprint density at radius 1 is 1.38 bits per heavy atom. The predicted molar refractivity (Wildman–Crippen MR) is 51.0 cm³/mol. The predicted octanol–water partition coefficient (Wildman–Crippen LogP) is 1.54. The SMILES string of the molecule is COc1ccc2c(c1)CC[C@H](O)C2. The highest BCUT2D eigenvalue weighted by atomic mass is 16.5. The third-order valence-electron chi connectivity index (χ3n) is 2.62. The third kappa shape index (κ3) is 1.68. The highest BCUT2D eigenvalue weighted by molar-refractivity contribution is 5.37. The van der Waals surface area contributed by atoms with E-state index in [1.165, 1.54) is 11.1 Å². The number of aryl methyl sites for hydroxylation is 1. The summed E-state index contributed by atoms with van der Waals surface area (Å²) in [4.78, 5) is 0. The maximum atomic E-state index is 9.45. The van der Waals surface area contributed by atoms with Crippen LogP contribution in [-0.2, 0) is 12.8 Å². The van der Waals surface area contributed by atoms with Gasteiger partial charge in [0.05, 0.1) is 13.2 Å². The second kappa shape index (κ2) is 3.38. The van der Waals surface area contributed by atoms with Gasteiger partial charge in [-0.15, -0.1) is 0 Å². The minimum absolute atomic E-state index is 0.152. The van der Waals surface area contributed by atoms with E-state index in [0.717, 1.165) is 25.0 Å². The molecule has 1 aliphatic carbocycles. The van der Waals surface area contributed by atoms with E-state index in [4.69, 9.17) is 4.74 Å². The average Bonchev–Trinajstić information content (AvgIpc) is 2.17. The molecule has 0 unspecified atom stereocenters. The Morgan fingerprint density at radius 3 is 3.00 bits per heavy atom. The van der Waals surface area contributed by atoms with Crippen LogP contribution in [0.4, 0.5) is 0 Å². The lowest BCUT2D eigenvalue weighted by atomic mass is 9.90. The first-order valence-corrected chi connectivity index (χ1v) is 4.63. The summed E-state index contributed by atoms with van der Waals surface area (Å²) < 4.78 is 5.14. The van der Waals surface area contributed by atoms with Crippen molar-refractivity contribution < 1.29 is 9.84 Å². The molecule has 0 amide bonds. The molecule has 0 aliphatic heterocycles. The van der Waals surface area contributed by atoms with Crippen molar-refractivity contribution in [3.63, 3.8) is 0 Å². The molecule has 1 aliphatic rings. The van der Waals surface area contributed by atoms with Crippen LogP contribution in [0.15, 0.2) is 18.2 Å². The molecule has 2 heteroatoms. The maximum absolute atomic E-state index is 9.45. The Bertz CT molecular complexity index is 307. The smallest absolute Gasteiger partial charge is 0.119 e. The molecule has 1 aromatic rings. The number of hydrogen-bond acceptors (Lipinski definition) is 2. The van der Waals surface area contributed by atoms with Gasteiger partial charge in [0.25, 0.3) is 0 Å². The lowest BCUT2D eigenvalue weighted by molar-refractivity contribution is 0.158. The lowest BCUT2D eigenvalue weighted by Crippen LogP contribution is -2.18. The molecule has 2 rings (SSSR count).